The minimum Gasteiger partial charge on any atom is -0.481 e. The SMILES string of the molecule is CCOC(=O)Cn1nnnc1C(NC(CC(=O)O)c1ccc(C)cc1)c1ccc(C)cc1. The zero-order chi connectivity index (χ0) is 23.1. The summed E-state index contributed by atoms with van der Waals surface area (Å²) in [5, 5.41) is 24.8. The van der Waals surface area contributed by atoms with Crippen molar-refractivity contribution in [2.24, 2.45) is 0 Å². The van der Waals surface area contributed by atoms with Crippen molar-refractivity contribution in [3.63, 3.8) is 0 Å². The van der Waals surface area contributed by atoms with Crippen LogP contribution in [0.5, 0.6) is 0 Å². The third kappa shape index (κ3) is 5.98. The summed E-state index contributed by atoms with van der Waals surface area (Å²) in [7, 11) is 0. The topological polar surface area (TPSA) is 119 Å². The van der Waals surface area contributed by atoms with Gasteiger partial charge in [-0.15, -0.1) is 5.10 Å². The molecule has 0 bridgehead atoms. The molecule has 0 amide bonds. The molecule has 168 valence electrons. The van der Waals surface area contributed by atoms with E-state index in [0.717, 1.165) is 22.3 Å². The second kappa shape index (κ2) is 10.6. The van der Waals surface area contributed by atoms with Crippen LogP contribution in [-0.2, 0) is 20.9 Å². The Bertz CT molecular complexity index is 1050. The average molecular weight is 438 g/mol. The van der Waals surface area contributed by atoms with E-state index in [1.165, 1.54) is 4.68 Å². The number of carboxylic acid groups (broad SMARTS) is 1. The second-order valence-electron chi connectivity index (χ2n) is 7.57. The van der Waals surface area contributed by atoms with Crippen molar-refractivity contribution >= 4 is 11.9 Å². The van der Waals surface area contributed by atoms with Crippen LogP contribution in [0.15, 0.2) is 48.5 Å². The van der Waals surface area contributed by atoms with Gasteiger partial charge in [0, 0.05) is 6.04 Å². The van der Waals surface area contributed by atoms with Gasteiger partial charge >= 0.3 is 11.9 Å². The van der Waals surface area contributed by atoms with Crippen molar-refractivity contribution in [1.82, 2.24) is 25.5 Å². The van der Waals surface area contributed by atoms with Crippen molar-refractivity contribution in [3.05, 3.63) is 76.6 Å². The lowest BCUT2D eigenvalue weighted by Crippen LogP contribution is -2.32. The largest absolute Gasteiger partial charge is 0.481 e. The summed E-state index contributed by atoms with van der Waals surface area (Å²) in [4.78, 5) is 23.7. The fourth-order valence-corrected chi connectivity index (χ4v) is 3.39. The molecular formula is C23H27N5O4. The van der Waals surface area contributed by atoms with Gasteiger partial charge in [-0.25, -0.2) is 4.68 Å². The van der Waals surface area contributed by atoms with Gasteiger partial charge < -0.3 is 9.84 Å². The summed E-state index contributed by atoms with van der Waals surface area (Å²) in [6.45, 7) is 5.80. The molecule has 9 nitrogen and oxygen atoms in total. The summed E-state index contributed by atoms with van der Waals surface area (Å²) in [5.74, 6) is -0.995. The molecule has 0 saturated heterocycles. The fraction of sp³-hybridized carbons (Fsp3) is 0.348. The maximum Gasteiger partial charge on any atom is 0.327 e. The van der Waals surface area contributed by atoms with Gasteiger partial charge in [-0.05, 0) is 42.3 Å². The summed E-state index contributed by atoms with van der Waals surface area (Å²) in [6, 6.07) is 14.4. The Balaban J connectivity index is 2.00. The van der Waals surface area contributed by atoms with E-state index in [2.05, 4.69) is 20.8 Å². The van der Waals surface area contributed by atoms with Crippen LogP contribution in [-0.4, -0.2) is 43.9 Å². The third-order valence-corrected chi connectivity index (χ3v) is 5.04. The van der Waals surface area contributed by atoms with E-state index >= 15 is 0 Å². The molecule has 1 aromatic heterocycles. The van der Waals surface area contributed by atoms with Gasteiger partial charge in [-0.2, -0.15) is 0 Å². The van der Waals surface area contributed by atoms with Crippen molar-refractivity contribution in [2.45, 2.75) is 45.8 Å². The number of benzene rings is 2. The van der Waals surface area contributed by atoms with Gasteiger partial charge in [-0.1, -0.05) is 59.7 Å². The lowest BCUT2D eigenvalue weighted by molar-refractivity contribution is -0.144. The Hall–Kier alpha value is -3.59. The first kappa shape index (κ1) is 23.1. The number of ether oxygens (including phenoxy) is 1. The van der Waals surface area contributed by atoms with Crippen LogP contribution in [0.2, 0.25) is 0 Å². The highest BCUT2D eigenvalue weighted by Gasteiger charge is 2.27. The Morgan fingerprint density at radius 2 is 1.62 bits per heavy atom. The number of aliphatic carboxylic acids is 1. The number of tetrazole rings is 1. The predicted molar refractivity (Wildman–Crippen MR) is 117 cm³/mol. The molecule has 2 aromatic carbocycles. The lowest BCUT2D eigenvalue weighted by atomic mass is 9.98. The second-order valence-corrected chi connectivity index (χ2v) is 7.57. The first-order chi connectivity index (χ1) is 15.4. The molecule has 2 atom stereocenters. The average Bonchev–Trinajstić information content (AvgIpc) is 3.20. The number of nitrogens with zero attached hydrogens (tertiary/aromatic N) is 4. The molecule has 0 saturated carbocycles. The number of aromatic nitrogens is 4. The minimum atomic E-state index is -0.933. The van der Waals surface area contributed by atoms with Gasteiger partial charge in [0.15, 0.2) is 5.82 Å². The molecule has 3 rings (SSSR count). The number of carbonyl (C=O) groups is 2. The quantitative estimate of drug-likeness (QED) is 0.465. The van der Waals surface area contributed by atoms with Crippen molar-refractivity contribution < 1.29 is 19.4 Å². The van der Waals surface area contributed by atoms with Crippen LogP contribution in [0.1, 0.15) is 53.5 Å². The number of carbonyl (C=O) groups excluding carboxylic acids is 1. The van der Waals surface area contributed by atoms with Crippen LogP contribution in [0, 0.1) is 13.8 Å². The van der Waals surface area contributed by atoms with Crippen LogP contribution < -0.4 is 5.32 Å². The van der Waals surface area contributed by atoms with Crippen molar-refractivity contribution in [2.75, 3.05) is 6.61 Å². The van der Waals surface area contributed by atoms with E-state index < -0.39 is 24.0 Å². The molecule has 2 N–H and O–H groups in total. The number of aryl methyl sites for hydroxylation is 2. The number of carboxylic acids is 1. The first-order valence-electron chi connectivity index (χ1n) is 10.4. The summed E-state index contributed by atoms with van der Waals surface area (Å²) in [5.41, 5.74) is 3.84. The van der Waals surface area contributed by atoms with Crippen LogP contribution in [0.3, 0.4) is 0 Å². The van der Waals surface area contributed by atoms with Gasteiger partial charge in [0.05, 0.1) is 19.1 Å². The highest BCUT2D eigenvalue weighted by Crippen LogP contribution is 2.27. The lowest BCUT2D eigenvalue weighted by Gasteiger charge is -2.25. The number of hydrogen-bond donors (Lipinski definition) is 2. The van der Waals surface area contributed by atoms with Crippen molar-refractivity contribution in [3.8, 4) is 0 Å². The monoisotopic (exact) mass is 437 g/mol. The number of esters is 1. The van der Waals surface area contributed by atoms with E-state index in [-0.39, 0.29) is 19.6 Å². The van der Waals surface area contributed by atoms with Crippen LogP contribution >= 0.6 is 0 Å². The first-order valence-corrected chi connectivity index (χ1v) is 10.4. The van der Waals surface area contributed by atoms with E-state index in [1.807, 2.05) is 62.4 Å². The van der Waals surface area contributed by atoms with E-state index in [4.69, 9.17) is 4.74 Å². The van der Waals surface area contributed by atoms with Gasteiger partial charge in [0.25, 0.3) is 0 Å². The number of hydrogen-bond acceptors (Lipinski definition) is 7. The normalized spacial score (nSPS) is 12.8. The van der Waals surface area contributed by atoms with Gasteiger partial charge in [0.2, 0.25) is 0 Å². The standard InChI is InChI=1S/C23H27N5O4/c1-4-32-21(31)14-28-23(25-26-27-28)22(18-11-7-16(3)8-12-18)24-19(13-20(29)30)17-9-5-15(2)6-10-17/h5-12,19,22,24H,4,13-14H2,1-3H3,(H,29,30). The minimum absolute atomic E-state index is 0.134. The smallest absolute Gasteiger partial charge is 0.327 e. The fourth-order valence-electron chi connectivity index (χ4n) is 3.39. The summed E-state index contributed by atoms with van der Waals surface area (Å²) >= 11 is 0. The highest BCUT2D eigenvalue weighted by atomic mass is 16.5. The van der Waals surface area contributed by atoms with Crippen LogP contribution in [0.4, 0.5) is 0 Å². The van der Waals surface area contributed by atoms with E-state index in [1.54, 1.807) is 6.92 Å². The molecule has 0 aliphatic heterocycles. The maximum absolute atomic E-state index is 12.1. The molecule has 32 heavy (non-hydrogen) atoms. The zero-order valence-corrected chi connectivity index (χ0v) is 18.4. The van der Waals surface area contributed by atoms with Crippen LogP contribution in [0.25, 0.3) is 0 Å². The summed E-state index contributed by atoms with van der Waals surface area (Å²) in [6.07, 6.45) is -0.134. The molecule has 0 spiro atoms. The summed E-state index contributed by atoms with van der Waals surface area (Å²) < 4.78 is 6.41. The number of rotatable bonds is 10. The highest BCUT2D eigenvalue weighted by molar-refractivity contribution is 5.69. The molecule has 0 fully saturated rings. The Kier molecular flexibility index (Phi) is 7.67. The van der Waals surface area contributed by atoms with Crippen molar-refractivity contribution in [1.29, 1.82) is 0 Å². The Morgan fingerprint density at radius 1 is 1.03 bits per heavy atom. The maximum atomic E-state index is 12.1. The van der Waals surface area contributed by atoms with E-state index in [9.17, 15) is 14.7 Å². The van der Waals surface area contributed by atoms with E-state index in [0.29, 0.717) is 5.82 Å². The molecule has 1 heterocycles. The molecular weight excluding hydrogens is 410 g/mol. The third-order valence-electron chi connectivity index (χ3n) is 5.04. The number of nitrogens with one attached hydrogen (secondary N) is 1. The molecule has 0 aliphatic rings. The molecule has 2 unspecified atom stereocenters. The predicted octanol–water partition coefficient (Wildman–Crippen LogP) is 2.75. The molecule has 9 heteroatoms. The molecule has 0 aliphatic carbocycles. The Morgan fingerprint density at radius 3 is 2.19 bits per heavy atom. The van der Waals surface area contributed by atoms with Gasteiger partial charge in [-0.3, -0.25) is 14.9 Å². The Labute approximate surface area is 186 Å². The zero-order valence-electron chi connectivity index (χ0n) is 18.4. The van der Waals surface area contributed by atoms with Gasteiger partial charge in [0.1, 0.15) is 6.54 Å². The molecule has 0 radical (unpaired) electrons. The molecule has 3 aromatic rings.